The average Bonchev–Trinajstić information content (AvgIpc) is 3.65. The van der Waals surface area contributed by atoms with Gasteiger partial charge in [-0.1, -0.05) is 12.1 Å². The van der Waals surface area contributed by atoms with Crippen LogP contribution in [0.15, 0.2) is 60.0 Å². The largest absolute Gasteiger partial charge is 0.493 e. The molecule has 9 heteroatoms. The normalized spacial score (nSPS) is 15.2. The molecule has 0 saturated carbocycles. The fourth-order valence-electron chi connectivity index (χ4n) is 4.86. The number of ether oxygens (including phenoxy) is 3. The Labute approximate surface area is 244 Å². The number of likely N-dealkylation sites (tertiary alicyclic amines) is 1. The summed E-state index contributed by atoms with van der Waals surface area (Å²) in [5.41, 5.74) is 3.84. The molecule has 0 radical (unpaired) electrons. The summed E-state index contributed by atoms with van der Waals surface area (Å²) in [6, 6.07) is 17.4. The third-order valence-corrected chi connectivity index (χ3v) is 7.90. The number of thiophene rings is 1. The van der Waals surface area contributed by atoms with Gasteiger partial charge in [0.05, 0.1) is 16.8 Å². The first-order valence-corrected chi connectivity index (χ1v) is 14.7. The van der Waals surface area contributed by atoms with Crippen molar-refractivity contribution in [2.75, 3.05) is 25.0 Å². The molecule has 1 atom stereocenters. The number of carbonyl (C=O) groups is 2. The van der Waals surface area contributed by atoms with Gasteiger partial charge >= 0.3 is 6.09 Å². The molecule has 2 aromatic carbocycles. The molecule has 216 valence electrons. The van der Waals surface area contributed by atoms with Gasteiger partial charge in [0.1, 0.15) is 29.4 Å². The summed E-state index contributed by atoms with van der Waals surface area (Å²) in [7, 11) is 1.91. The van der Waals surface area contributed by atoms with Crippen molar-refractivity contribution in [2.24, 2.45) is 13.0 Å². The van der Waals surface area contributed by atoms with Crippen molar-refractivity contribution in [1.29, 1.82) is 0 Å². The Morgan fingerprint density at radius 3 is 2.46 bits per heavy atom. The van der Waals surface area contributed by atoms with Crippen LogP contribution in [-0.2, 0) is 18.4 Å². The lowest BCUT2D eigenvalue weighted by atomic mass is 10.1. The third kappa shape index (κ3) is 7.03. The smallest absolute Gasteiger partial charge is 0.410 e. The van der Waals surface area contributed by atoms with E-state index in [0.717, 1.165) is 39.2 Å². The lowest BCUT2D eigenvalue weighted by Crippen LogP contribution is -2.35. The van der Waals surface area contributed by atoms with E-state index in [1.807, 2.05) is 99.3 Å². The minimum Gasteiger partial charge on any atom is -0.493 e. The Morgan fingerprint density at radius 2 is 1.76 bits per heavy atom. The van der Waals surface area contributed by atoms with Crippen LogP contribution in [0.1, 0.15) is 48.8 Å². The highest BCUT2D eigenvalue weighted by Crippen LogP contribution is 2.27. The number of aryl methyl sites for hydroxylation is 2. The fourth-order valence-corrected chi connectivity index (χ4v) is 5.70. The number of benzene rings is 2. The summed E-state index contributed by atoms with van der Waals surface area (Å²) in [6.45, 7) is 9.78. The lowest BCUT2D eigenvalue weighted by Gasteiger charge is -2.24. The maximum atomic E-state index is 13.1. The maximum absolute atomic E-state index is 13.1. The highest BCUT2D eigenvalue weighted by Gasteiger charge is 2.30. The SMILES string of the molecule is Cc1ccc(COc2ccc(OCC3CCN(C(=O)OC(C)(C)C)C3)cc2)c(NC(=O)c2cc3sccc3n2C)c1. The summed E-state index contributed by atoms with van der Waals surface area (Å²) in [5.74, 6) is 1.56. The molecule has 1 unspecified atom stereocenters. The summed E-state index contributed by atoms with van der Waals surface area (Å²) in [4.78, 5) is 27.2. The summed E-state index contributed by atoms with van der Waals surface area (Å²) in [5, 5.41) is 5.11. The molecule has 1 aliphatic heterocycles. The van der Waals surface area contributed by atoms with E-state index in [1.165, 1.54) is 0 Å². The van der Waals surface area contributed by atoms with Gasteiger partial charge in [0.25, 0.3) is 5.91 Å². The summed E-state index contributed by atoms with van der Waals surface area (Å²) in [6.07, 6.45) is 0.621. The first-order valence-electron chi connectivity index (χ1n) is 13.8. The lowest BCUT2D eigenvalue weighted by molar-refractivity contribution is 0.0284. The van der Waals surface area contributed by atoms with Crippen LogP contribution in [0, 0.1) is 12.8 Å². The van der Waals surface area contributed by atoms with Gasteiger partial charge in [-0.2, -0.15) is 0 Å². The molecule has 0 aliphatic carbocycles. The Kier molecular flexibility index (Phi) is 8.26. The highest BCUT2D eigenvalue weighted by molar-refractivity contribution is 7.17. The van der Waals surface area contributed by atoms with Gasteiger partial charge in [-0.15, -0.1) is 11.3 Å². The molecule has 8 nitrogen and oxygen atoms in total. The average molecular weight is 576 g/mol. The van der Waals surface area contributed by atoms with E-state index in [-0.39, 0.29) is 17.9 Å². The molecule has 1 saturated heterocycles. The second kappa shape index (κ2) is 11.9. The second-order valence-corrected chi connectivity index (χ2v) is 12.5. The minimum absolute atomic E-state index is 0.152. The molecule has 5 rings (SSSR count). The van der Waals surface area contributed by atoms with Crippen LogP contribution in [0.3, 0.4) is 0 Å². The summed E-state index contributed by atoms with van der Waals surface area (Å²) < 4.78 is 20.5. The quantitative estimate of drug-likeness (QED) is 0.244. The Bertz CT molecular complexity index is 1530. The van der Waals surface area contributed by atoms with E-state index >= 15 is 0 Å². The minimum atomic E-state index is -0.496. The molecule has 3 heterocycles. The Morgan fingerprint density at radius 1 is 1.02 bits per heavy atom. The predicted octanol–water partition coefficient (Wildman–Crippen LogP) is 7.02. The molecule has 1 fully saturated rings. The van der Waals surface area contributed by atoms with Gasteiger partial charge in [0.15, 0.2) is 0 Å². The molecular formula is C32H37N3O5S. The van der Waals surface area contributed by atoms with Crippen LogP contribution < -0.4 is 14.8 Å². The van der Waals surface area contributed by atoms with Gasteiger partial charge in [-0.25, -0.2) is 4.79 Å². The number of amides is 2. The monoisotopic (exact) mass is 575 g/mol. The topological polar surface area (TPSA) is 82.0 Å². The second-order valence-electron chi connectivity index (χ2n) is 11.5. The van der Waals surface area contributed by atoms with Crippen molar-refractivity contribution < 1.29 is 23.8 Å². The van der Waals surface area contributed by atoms with Crippen molar-refractivity contribution in [3.63, 3.8) is 0 Å². The van der Waals surface area contributed by atoms with Crippen LogP contribution in [0.4, 0.5) is 10.5 Å². The molecule has 2 amide bonds. The van der Waals surface area contributed by atoms with E-state index in [0.29, 0.717) is 37.7 Å². The zero-order valence-corrected chi connectivity index (χ0v) is 25.0. The third-order valence-electron chi connectivity index (χ3n) is 7.05. The van der Waals surface area contributed by atoms with Gasteiger partial charge < -0.3 is 29.0 Å². The number of nitrogens with one attached hydrogen (secondary N) is 1. The molecule has 41 heavy (non-hydrogen) atoms. The van der Waals surface area contributed by atoms with Gasteiger partial charge in [-0.3, -0.25) is 4.79 Å². The van der Waals surface area contributed by atoms with Crippen LogP contribution in [0.2, 0.25) is 0 Å². The molecular weight excluding hydrogens is 538 g/mol. The zero-order chi connectivity index (χ0) is 29.1. The van der Waals surface area contributed by atoms with Crippen molar-refractivity contribution in [3.05, 3.63) is 76.8 Å². The zero-order valence-electron chi connectivity index (χ0n) is 24.2. The first kappa shape index (κ1) is 28.5. The summed E-state index contributed by atoms with van der Waals surface area (Å²) >= 11 is 1.62. The first-order chi connectivity index (χ1) is 19.6. The van der Waals surface area contributed by atoms with Crippen molar-refractivity contribution >= 4 is 39.2 Å². The number of fused-ring (bicyclic) bond motifs is 1. The van der Waals surface area contributed by atoms with E-state index in [4.69, 9.17) is 14.2 Å². The van der Waals surface area contributed by atoms with Gasteiger partial charge in [0.2, 0.25) is 0 Å². The molecule has 0 spiro atoms. The van der Waals surface area contributed by atoms with Crippen LogP contribution in [0.5, 0.6) is 11.5 Å². The predicted molar refractivity (Wildman–Crippen MR) is 162 cm³/mol. The number of anilines is 1. The molecule has 1 N–H and O–H groups in total. The van der Waals surface area contributed by atoms with E-state index in [2.05, 4.69) is 5.32 Å². The van der Waals surface area contributed by atoms with Gasteiger partial charge in [0, 0.05) is 37.3 Å². The standard InChI is InChI=1S/C32H37N3O5S/c1-21-6-7-23(26(16-21)33-30(36)28-17-29-27(34(28)5)13-15-41-29)20-39-25-10-8-24(9-11-25)38-19-22-12-14-35(18-22)31(37)40-32(2,3)4/h6-11,13,15-17,22H,12,14,18-20H2,1-5H3,(H,33,36). The maximum Gasteiger partial charge on any atom is 0.410 e. The molecule has 0 bridgehead atoms. The van der Waals surface area contributed by atoms with Crippen molar-refractivity contribution in [2.45, 2.75) is 46.3 Å². The Hall–Kier alpha value is -3.98. The number of carbonyl (C=O) groups excluding carboxylic acids is 2. The Balaban J connectivity index is 1.14. The molecule has 1 aliphatic rings. The van der Waals surface area contributed by atoms with E-state index in [9.17, 15) is 9.59 Å². The number of hydrogen-bond acceptors (Lipinski definition) is 6. The number of nitrogens with zero attached hydrogens (tertiary/aromatic N) is 2. The number of rotatable bonds is 8. The van der Waals surface area contributed by atoms with Crippen molar-refractivity contribution in [3.8, 4) is 11.5 Å². The fraction of sp³-hybridized carbons (Fsp3) is 0.375. The van der Waals surface area contributed by atoms with E-state index < -0.39 is 5.60 Å². The highest BCUT2D eigenvalue weighted by atomic mass is 32.1. The molecule has 2 aromatic heterocycles. The molecule has 4 aromatic rings. The van der Waals surface area contributed by atoms with Crippen molar-refractivity contribution in [1.82, 2.24) is 9.47 Å². The van der Waals surface area contributed by atoms with Crippen LogP contribution in [0.25, 0.3) is 10.2 Å². The van der Waals surface area contributed by atoms with E-state index in [1.54, 1.807) is 16.2 Å². The number of hydrogen-bond donors (Lipinski definition) is 1. The van der Waals surface area contributed by atoms with Gasteiger partial charge in [-0.05, 0) is 87.5 Å². The van der Waals surface area contributed by atoms with Crippen LogP contribution >= 0.6 is 11.3 Å². The van der Waals surface area contributed by atoms with Crippen LogP contribution in [-0.4, -0.2) is 46.8 Å². The number of aromatic nitrogens is 1.